The summed E-state index contributed by atoms with van der Waals surface area (Å²) in [7, 11) is 0. The van der Waals surface area contributed by atoms with Gasteiger partial charge in [-0.15, -0.1) is 0 Å². The van der Waals surface area contributed by atoms with E-state index < -0.39 is 0 Å². The minimum atomic E-state index is 0.394. The van der Waals surface area contributed by atoms with Crippen LogP contribution in [0.4, 0.5) is 11.8 Å². The van der Waals surface area contributed by atoms with E-state index in [4.69, 9.17) is 26.4 Å². The van der Waals surface area contributed by atoms with Gasteiger partial charge in [-0.1, -0.05) is 24.3 Å². The fourth-order valence-electron chi connectivity index (χ4n) is 3.76. The standard InChI is InChI=1S/C24H25N5O3S/c33-24(25-16-17-8-9-19-20(14-17)31-13-12-30-19)28-23-26-21(29-10-4-5-11-29)15-22(27-23)32-18-6-2-1-3-7-18/h1-3,6-9,14-15H,4-5,10-13,16H2,(H2,25,26,27,28,33). The summed E-state index contributed by atoms with van der Waals surface area (Å²) in [5.41, 5.74) is 1.03. The molecule has 2 aliphatic heterocycles. The average molecular weight is 464 g/mol. The van der Waals surface area contributed by atoms with Crippen molar-refractivity contribution in [3.8, 4) is 23.1 Å². The van der Waals surface area contributed by atoms with Crippen LogP contribution in [-0.2, 0) is 6.54 Å². The minimum Gasteiger partial charge on any atom is -0.486 e. The zero-order valence-corrected chi connectivity index (χ0v) is 18.9. The summed E-state index contributed by atoms with van der Waals surface area (Å²) in [6.45, 7) is 3.59. The first-order valence-electron chi connectivity index (χ1n) is 11.0. The minimum absolute atomic E-state index is 0.394. The van der Waals surface area contributed by atoms with E-state index >= 15 is 0 Å². The maximum atomic E-state index is 5.98. The number of anilines is 2. The van der Waals surface area contributed by atoms with E-state index in [1.54, 1.807) is 0 Å². The van der Waals surface area contributed by atoms with Gasteiger partial charge in [0, 0.05) is 25.7 Å². The van der Waals surface area contributed by atoms with E-state index in [0.717, 1.165) is 48.8 Å². The Morgan fingerprint density at radius 1 is 0.970 bits per heavy atom. The van der Waals surface area contributed by atoms with Crippen LogP contribution in [0.3, 0.4) is 0 Å². The van der Waals surface area contributed by atoms with Crippen molar-refractivity contribution in [2.24, 2.45) is 0 Å². The zero-order valence-electron chi connectivity index (χ0n) is 18.1. The van der Waals surface area contributed by atoms with Crippen LogP contribution in [0.5, 0.6) is 23.1 Å². The largest absolute Gasteiger partial charge is 0.486 e. The van der Waals surface area contributed by atoms with Crippen LogP contribution in [0, 0.1) is 0 Å². The van der Waals surface area contributed by atoms with Crippen molar-refractivity contribution >= 4 is 29.1 Å². The molecule has 0 radical (unpaired) electrons. The highest BCUT2D eigenvalue weighted by molar-refractivity contribution is 7.80. The molecule has 0 saturated carbocycles. The number of rotatable bonds is 6. The molecule has 0 aliphatic carbocycles. The third-order valence-corrected chi connectivity index (χ3v) is 5.62. The summed E-state index contributed by atoms with van der Waals surface area (Å²) in [5, 5.41) is 6.73. The fourth-order valence-corrected chi connectivity index (χ4v) is 3.93. The van der Waals surface area contributed by atoms with E-state index in [-0.39, 0.29) is 0 Å². The summed E-state index contributed by atoms with van der Waals surface area (Å²) in [6.07, 6.45) is 2.30. The molecular formula is C24H25N5O3S. The van der Waals surface area contributed by atoms with Crippen molar-refractivity contribution in [1.82, 2.24) is 15.3 Å². The lowest BCUT2D eigenvalue weighted by Gasteiger charge is -2.19. The van der Waals surface area contributed by atoms with Gasteiger partial charge in [0.05, 0.1) is 0 Å². The van der Waals surface area contributed by atoms with Crippen molar-refractivity contribution in [3.05, 3.63) is 60.2 Å². The van der Waals surface area contributed by atoms with Crippen LogP contribution >= 0.6 is 12.2 Å². The van der Waals surface area contributed by atoms with Crippen molar-refractivity contribution < 1.29 is 14.2 Å². The first kappa shape index (κ1) is 21.3. The average Bonchev–Trinajstić information content (AvgIpc) is 3.38. The van der Waals surface area contributed by atoms with Gasteiger partial charge in [0.2, 0.25) is 11.8 Å². The molecular weight excluding hydrogens is 438 g/mol. The first-order valence-corrected chi connectivity index (χ1v) is 11.4. The Bertz CT molecular complexity index is 1120. The summed E-state index contributed by atoms with van der Waals surface area (Å²) in [6, 6.07) is 17.3. The Kier molecular flexibility index (Phi) is 6.39. The molecule has 0 spiro atoms. The topological polar surface area (TPSA) is 80.8 Å². The van der Waals surface area contributed by atoms with Gasteiger partial charge in [-0.25, -0.2) is 0 Å². The number of hydrogen-bond donors (Lipinski definition) is 2. The SMILES string of the molecule is S=C(NCc1ccc2c(c1)OCCO2)Nc1nc(Oc2ccccc2)cc(N2CCCC2)n1. The lowest BCUT2D eigenvalue weighted by atomic mass is 10.2. The molecule has 0 bridgehead atoms. The molecule has 5 rings (SSSR count). The molecule has 2 aliphatic rings. The third kappa shape index (κ3) is 5.43. The summed E-state index contributed by atoms with van der Waals surface area (Å²) < 4.78 is 17.2. The van der Waals surface area contributed by atoms with Crippen LogP contribution in [0.1, 0.15) is 18.4 Å². The van der Waals surface area contributed by atoms with Crippen LogP contribution in [0.2, 0.25) is 0 Å². The van der Waals surface area contributed by atoms with E-state index in [9.17, 15) is 0 Å². The number of hydrogen-bond acceptors (Lipinski definition) is 7. The molecule has 1 saturated heterocycles. The second-order valence-electron chi connectivity index (χ2n) is 7.78. The predicted octanol–water partition coefficient (Wildman–Crippen LogP) is 4.13. The molecule has 3 aromatic rings. The van der Waals surface area contributed by atoms with Gasteiger partial charge in [-0.2, -0.15) is 9.97 Å². The van der Waals surface area contributed by atoms with Gasteiger partial charge in [0.15, 0.2) is 16.6 Å². The normalized spacial score (nSPS) is 14.6. The van der Waals surface area contributed by atoms with E-state index in [1.165, 1.54) is 0 Å². The van der Waals surface area contributed by atoms with Gasteiger partial charge in [-0.05, 0) is 54.9 Å². The van der Waals surface area contributed by atoms with Gasteiger partial charge >= 0.3 is 0 Å². The van der Waals surface area contributed by atoms with Crippen LogP contribution in [0.15, 0.2) is 54.6 Å². The monoisotopic (exact) mass is 463 g/mol. The number of fused-ring (bicyclic) bond motifs is 1. The maximum absolute atomic E-state index is 5.98. The maximum Gasteiger partial charge on any atom is 0.234 e. The molecule has 170 valence electrons. The number of thiocarbonyl (C=S) groups is 1. The Morgan fingerprint density at radius 3 is 2.58 bits per heavy atom. The molecule has 2 N–H and O–H groups in total. The van der Waals surface area contributed by atoms with Crippen LogP contribution < -0.4 is 29.7 Å². The molecule has 9 heteroatoms. The lowest BCUT2D eigenvalue weighted by Crippen LogP contribution is -2.29. The first-order chi connectivity index (χ1) is 16.2. The summed E-state index contributed by atoms with van der Waals surface area (Å²) in [5.74, 6) is 3.92. The third-order valence-electron chi connectivity index (χ3n) is 5.37. The van der Waals surface area contributed by atoms with Crippen LogP contribution in [0.25, 0.3) is 0 Å². The highest BCUT2D eigenvalue weighted by atomic mass is 32.1. The number of para-hydroxylation sites is 1. The van der Waals surface area contributed by atoms with Crippen LogP contribution in [-0.4, -0.2) is 41.4 Å². The molecule has 8 nitrogen and oxygen atoms in total. The second kappa shape index (κ2) is 9.91. The van der Waals surface area contributed by atoms with Crippen molar-refractivity contribution in [2.75, 3.05) is 36.5 Å². The number of nitrogens with one attached hydrogen (secondary N) is 2. The van der Waals surface area contributed by atoms with Gasteiger partial charge in [0.25, 0.3) is 0 Å². The zero-order chi connectivity index (χ0) is 22.5. The summed E-state index contributed by atoms with van der Waals surface area (Å²) >= 11 is 5.49. The molecule has 2 aromatic carbocycles. The van der Waals surface area contributed by atoms with Crippen molar-refractivity contribution in [2.45, 2.75) is 19.4 Å². The second-order valence-corrected chi connectivity index (χ2v) is 8.19. The van der Waals surface area contributed by atoms with Crippen molar-refractivity contribution in [3.63, 3.8) is 0 Å². The van der Waals surface area contributed by atoms with Gasteiger partial charge in [-0.3, -0.25) is 0 Å². The van der Waals surface area contributed by atoms with E-state index in [1.807, 2.05) is 54.6 Å². The van der Waals surface area contributed by atoms with Crippen molar-refractivity contribution in [1.29, 1.82) is 0 Å². The summed E-state index contributed by atoms with van der Waals surface area (Å²) in [4.78, 5) is 11.4. The fraction of sp³-hybridized carbons (Fsp3) is 0.292. The van der Waals surface area contributed by atoms with Gasteiger partial charge < -0.3 is 29.7 Å². The molecule has 1 fully saturated rings. The lowest BCUT2D eigenvalue weighted by molar-refractivity contribution is 0.171. The molecule has 33 heavy (non-hydrogen) atoms. The molecule has 0 amide bonds. The number of nitrogens with zero attached hydrogens (tertiary/aromatic N) is 3. The molecule has 0 unspecified atom stereocenters. The molecule has 3 heterocycles. The quantitative estimate of drug-likeness (QED) is 0.525. The predicted molar refractivity (Wildman–Crippen MR) is 130 cm³/mol. The highest BCUT2D eigenvalue weighted by Crippen LogP contribution is 2.31. The number of benzene rings is 2. The van der Waals surface area contributed by atoms with E-state index in [2.05, 4.69) is 25.5 Å². The molecule has 0 atom stereocenters. The number of ether oxygens (including phenoxy) is 3. The van der Waals surface area contributed by atoms with Gasteiger partial charge in [0.1, 0.15) is 24.8 Å². The number of aromatic nitrogens is 2. The van der Waals surface area contributed by atoms with E-state index in [0.29, 0.717) is 42.4 Å². The Labute approximate surface area is 197 Å². The smallest absolute Gasteiger partial charge is 0.234 e. The Hall–Kier alpha value is -3.59. The Balaban J connectivity index is 1.27. The Morgan fingerprint density at radius 2 is 1.76 bits per heavy atom. The molecule has 1 aromatic heterocycles. The highest BCUT2D eigenvalue weighted by Gasteiger charge is 2.17.